The molecule has 0 aliphatic heterocycles. The summed E-state index contributed by atoms with van der Waals surface area (Å²) in [5, 5.41) is 3.60. The number of aryl methyl sites for hydroxylation is 2. The van der Waals surface area contributed by atoms with Gasteiger partial charge < -0.3 is 10.1 Å². The van der Waals surface area contributed by atoms with E-state index < -0.39 is 0 Å². The normalized spacial score (nSPS) is 12.8. The van der Waals surface area contributed by atoms with Crippen LogP contribution in [0.25, 0.3) is 5.57 Å². The van der Waals surface area contributed by atoms with Gasteiger partial charge in [-0.25, -0.2) is 0 Å². The lowest BCUT2D eigenvalue weighted by atomic mass is 9.91. The first-order chi connectivity index (χ1) is 11.4. The summed E-state index contributed by atoms with van der Waals surface area (Å²) in [4.78, 5) is 0. The Morgan fingerprint density at radius 3 is 2.62 bits per heavy atom. The van der Waals surface area contributed by atoms with Gasteiger partial charge in [-0.05, 0) is 66.6 Å². The monoisotopic (exact) mass is 343 g/mol. The maximum atomic E-state index is 5.19. The molecule has 0 fully saturated rings. The lowest BCUT2D eigenvalue weighted by Gasteiger charge is -2.18. The van der Waals surface area contributed by atoms with E-state index in [1.54, 1.807) is 7.11 Å². The highest BCUT2D eigenvalue weighted by Crippen LogP contribution is 2.25. The fraction of sp³-hybridized carbons (Fsp3) is 0.333. The molecule has 3 heteroatoms. The number of methoxy groups -OCH3 is 1. The highest BCUT2D eigenvalue weighted by Gasteiger charge is 2.10. The first kappa shape index (κ1) is 18.6. The number of hydrogen-bond donors (Lipinski definition) is 1. The Morgan fingerprint density at radius 1 is 1.04 bits per heavy atom. The van der Waals surface area contributed by atoms with Crippen LogP contribution in [0.3, 0.4) is 0 Å². The van der Waals surface area contributed by atoms with E-state index in [2.05, 4.69) is 47.8 Å². The van der Waals surface area contributed by atoms with Crippen LogP contribution in [0.15, 0.2) is 54.6 Å². The van der Waals surface area contributed by atoms with Crippen LogP contribution in [0.4, 0.5) is 0 Å². The van der Waals surface area contributed by atoms with Gasteiger partial charge in [-0.2, -0.15) is 0 Å². The molecule has 3 rings (SSSR count). The Labute approximate surface area is 151 Å². The minimum Gasteiger partial charge on any atom is -0.497 e. The van der Waals surface area contributed by atoms with Crippen molar-refractivity contribution < 1.29 is 4.74 Å². The molecule has 0 saturated carbocycles. The van der Waals surface area contributed by atoms with Crippen molar-refractivity contribution in [1.82, 2.24) is 5.32 Å². The third-order valence-corrected chi connectivity index (χ3v) is 4.46. The van der Waals surface area contributed by atoms with E-state index in [0.717, 1.165) is 31.7 Å². The summed E-state index contributed by atoms with van der Waals surface area (Å²) in [6.45, 7) is 2.02. The van der Waals surface area contributed by atoms with Gasteiger partial charge in [0.15, 0.2) is 0 Å². The third kappa shape index (κ3) is 4.86. The van der Waals surface area contributed by atoms with Gasteiger partial charge in [0.25, 0.3) is 0 Å². The van der Waals surface area contributed by atoms with Crippen molar-refractivity contribution in [2.75, 3.05) is 20.2 Å². The Bertz CT molecular complexity index is 664. The fourth-order valence-corrected chi connectivity index (χ4v) is 3.16. The van der Waals surface area contributed by atoms with Crippen LogP contribution in [0.1, 0.15) is 29.5 Å². The van der Waals surface area contributed by atoms with Gasteiger partial charge in [-0.15, -0.1) is 12.4 Å². The number of nitrogens with one attached hydrogen (secondary N) is 1. The molecule has 2 aromatic carbocycles. The molecule has 0 radical (unpaired) electrons. The zero-order valence-electron chi connectivity index (χ0n) is 14.3. The molecule has 1 aliphatic rings. The highest BCUT2D eigenvalue weighted by molar-refractivity contribution is 5.85. The summed E-state index contributed by atoms with van der Waals surface area (Å²) in [7, 11) is 1.71. The predicted molar refractivity (Wildman–Crippen MR) is 104 cm³/mol. The molecule has 0 heterocycles. The van der Waals surface area contributed by atoms with Crippen molar-refractivity contribution in [3.05, 3.63) is 71.3 Å². The van der Waals surface area contributed by atoms with E-state index in [-0.39, 0.29) is 12.4 Å². The number of fused-ring (bicyclic) bond motifs is 1. The van der Waals surface area contributed by atoms with Crippen LogP contribution in [0.5, 0.6) is 5.75 Å². The Hall–Kier alpha value is -1.77. The molecule has 0 bridgehead atoms. The molecule has 1 aliphatic carbocycles. The van der Waals surface area contributed by atoms with Crippen molar-refractivity contribution in [1.29, 1.82) is 0 Å². The average molecular weight is 344 g/mol. The van der Waals surface area contributed by atoms with E-state index in [1.165, 1.54) is 35.1 Å². The molecular formula is C21H26ClNO. The number of allylic oxidation sites excluding steroid dienone is 1. The molecular weight excluding hydrogens is 318 g/mol. The molecule has 0 amide bonds. The second kappa shape index (κ2) is 9.51. The topological polar surface area (TPSA) is 21.3 Å². The first-order valence-corrected chi connectivity index (χ1v) is 8.48. The zero-order chi connectivity index (χ0) is 15.9. The van der Waals surface area contributed by atoms with E-state index in [1.807, 2.05) is 12.1 Å². The van der Waals surface area contributed by atoms with E-state index >= 15 is 0 Å². The third-order valence-electron chi connectivity index (χ3n) is 4.46. The van der Waals surface area contributed by atoms with Gasteiger partial charge in [0.1, 0.15) is 5.75 Å². The van der Waals surface area contributed by atoms with Crippen LogP contribution in [0.2, 0.25) is 0 Å². The minimum atomic E-state index is 0. The zero-order valence-corrected chi connectivity index (χ0v) is 15.1. The molecule has 1 N–H and O–H groups in total. The molecule has 24 heavy (non-hydrogen) atoms. The number of ether oxygens (including phenoxy) is 1. The lowest BCUT2D eigenvalue weighted by Crippen LogP contribution is -2.20. The molecule has 2 nitrogen and oxygen atoms in total. The fourth-order valence-electron chi connectivity index (χ4n) is 3.16. The number of benzene rings is 2. The van der Waals surface area contributed by atoms with Gasteiger partial charge in [0.2, 0.25) is 0 Å². The molecule has 0 saturated heterocycles. The van der Waals surface area contributed by atoms with Gasteiger partial charge in [0, 0.05) is 6.54 Å². The van der Waals surface area contributed by atoms with Crippen molar-refractivity contribution in [2.45, 2.75) is 25.7 Å². The summed E-state index contributed by atoms with van der Waals surface area (Å²) in [6, 6.07) is 17.2. The van der Waals surface area contributed by atoms with Crippen LogP contribution < -0.4 is 10.1 Å². The van der Waals surface area contributed by atoms with Crippen LogP contribution in [0, 0.1) is 0 Å². The van der Waals surface area contributed by atoms with E-state index in [0.29, 0.717) is 0 Å². The summed E-state index contributed by atoms with van der Waals surface area (Å²) in [5.41, 5.74) is 5.75. The van der Waals surface area contributed by atoms with Crippen molar-refractivity contribution in [3.8, 4) is 5.75 Å². The maximum Gasteiger partial charge on any atom is 0.118 e. The number of hydrogen-bond acceptors (Lipinski definition) is 2. The Balaban J connectivity index is 0.00000208. The summed E-state index contributed by atoms with van der Waals surface area (Å²) < 4.78 is 5.19. The van der Waals surface area contributed by atoms with Crippen molar-refractivity contribution >= 4 is 18.0 Å². The lowest BCUT2D eigenvalue weighted by molar-refractivity contribution is 0.414. The van der Waals surface area contributed by atoms with Gasteiger partial charge in [-0.1, -0.05) is 42.5 Å². The molecule has 0 atom stereocenters. The van der Waals surface area contributed by atoms with Crippen molar-refractivity contribution in [3.63, 3.8) is 0 Å². The summed E-state index contributed by atoms with van der Waals surface area (Å²) in [6.07, 6.45) is 6.99. The Morgan fingerprint density at radius 2 is 1.83 bits per heavy atom. The summed E-state index contributed by atoms with van der Waals surface area (Å²) >= 11 is 0. The Kier molecular flexibility index (Phi) is 7.36. The number of halogens is 1. The van der Waals surface area contributed by atoms with Gasteiger partial charge >= 0.3 is 0 Å². The van der Waals surface area contributed by atoms with Gasteiger partial charge in [0.05, 0.1) is 7.11 Å². The van der Waals surface area contributed by atoms with Crippen LogP contribution in [-0.2, 0) is 12.8 Å². The minimum absolute atomic E-state index is 0. The first-order valence-electron chi connectivity index (χ1n) is 8.48. The second-order valence-corrected chi connectivity index (χ2v) is 6.05. The predicted octanol–water partition coefficient (Wildman–Crippen LogP) is 4.67. The standard InChI is InChI=1S/C21H25NO.ClH/c1-23-20-13-11-17(12-14-20)6-5-15-22-16-19-9-4-8-18-7-2-3-10-21(18)19;/h2-3,7,9-14,22H,4-6,8,15-16H2,1H3;1H. The van der Waals surface area contributed by atoms with Crippen LogP contribution in [-0.4, -0.2) is 20.2 Å². The van der Waals surface area contributed by atoms with Crippen molar-refractivity contribution in [2.24, 2.45) is 0 Å². The van der Waals surface area contributed by atoms with E-state index in [9.17, 15) is 0 Å². The smallest absolute Gasteiger partial charge is 0.118 e. The molecule has 0 unspecified atom stereocenters. The SMILES string of the molecule is COc1ccc(CCCNCC2=CCCc3ccccc32)cc1.Cl. The second-order valence-electron chi connectivity index (χ2n) is 6.05. The quantitative estimate of drug-likeness (QED) is 0.738. The molecule has 2 aromatic rings. The highest BCUT2D eigenvalue weighted by atomic mass is 35.5. The van der Waals surface area contributed by atoms with Gasteiger partial charge in [-0.3, -0.25) is 0 Å². The molecule has 0 spiro atoms. The van der Waals surface area contributed by atoms with E-state index in [4.69, 9.17) is 4.74 Å². The summed E-state index contributed by atoms with van der Waals surface area (Å²) in [5.74, 6) is 0.926. The molecule has 128 valence electrons. The average Bonchev–Trinajstić information content (AvgIpc) is 2.62. The molecule has 0 aromatic heterocycles. The maximum absolute atomic E-state index is 5.19. The number of rotatable bonds is 7. The van der Waals surface area contributed by atoms with Crippen LogP contribution >= 0.6 is 12.4 Å². The largest absolute Gasteiger partial charge is 0.497 e.